The highest BCUT2D eigenvalue weighted by molar-refractivity contribution is 14.0. The second-order valence-corrected chi connectivity index (χ2v) is 7.30. The SMILES string of the molecule is CCOC(CCNC(=NC)NCCCN1CCCN(C)CC1)C(C)C.I. The van der Waals surface area contributed by atoms with E-state index >= 15 is 0 Å². The third kappa shape index (κ3) is 11.6. The fourth-order valence-electron chi connectivity index (χ4n) is 3.21. The van der Waals surface area contributed by atoms with Gasteiger partial charge in [0, 0.05) is 39.8 Å². The van der Waals surface area contributed by atoms with Crippen molar-refractivity contribution in [2.24, 2.45) is 10.9 Å². The van der Waals surface area contributed by atoms with E-state index in [0.29, 0.717) is 12.0 Å². The van der Waals surface area contributed by atoms with Crippen LogP contribution in [0.15, 0.2) is 4.99 Å². The summed E-state index contributed by atoms with van der Waals surface area (Å²) in [6, 6.07) is 0. The minimum Gasteiger partial charge on any atom is -0.378 e. The topological polar surface area (TPSA) is 52.1 Å². The van der Waals surface area contributed by atoms with Gasteiger partial charge in [-0.3, -0.25) is 4.99 Å². The molecule has 1 aliphatic rings. The van der Waals surface area contributed by atoms with Gasteiger partial charge in [0.1, 0.15) is 0 Å². The molecule has 1 heterocycles. The maximum Gasteiger partial charge on any atom is 0.190 e. The van der Waals surface area contributed by atoms with Crippen LogP contribution in [-0.2, 0) is 4.74 Å². The minimum absolute atomic E-state index is 0. The molecular formula is C19H42IN5O. The van der Waals surface area contributed by atoms with Gasteiger partial charge in [-0.15, -0.1) is 24.0 Å². The number of nitrogens with zero attached hydrogens (tertiary/aromatic N) is 3. The van der Waals surface area contributed by atoms with Crippen molar-refractivity contribution in [2.75, 3.05) is 66.5 Å². The summed E-state index contributed by atoms with van der Waals surface area (Å²) in [7, 11) is 4.05. The van der Waals surface area contributed by atoms with E-state index < -0.39 is 0 Å². The van der Waals surface area contributed by atoms with E-state index in [4.69, 9.17) is 4.74 Å². The van der Waals surface area contributed by atoms with Crippen molar-refractivity contribution in [1.82, 2.24) is 20.4 Å². The van der Waals surface area contributed by atoms with Gasteiger partial charge in [-0.05, 0) is 58.8 Å². The first-order valence-corrected chi connectivity index (χ1v) is 10.0. The second kappa shape index (κ2) is 15.9. The lowest BCUT2D eigenvalue weighted by atomic mass is 10.0. The van der Waals surface area contributed by atoms with Gasteiger partial charge in [-0.25, -0.2) is 0 Å². The molecule has 0 aromatic carbocycles. The van der Waals surface area contributed by atoms with E-state index in [0.717, 1.165) is 45.0 Å². The van der Waals surface area contributed by atoms with Crippen LogP contribution in [-0.4, -0.2) is 88.4 Å². The Balaban J connectivity index is 0.00000625. The molecule has 0 aromatic rings. The van der Waals surface area contributed by atoms with Crippen LogP contribution >= 0.6 is 24.0 Å². The molecule has 0 radical (unpaired) electrons. The molecule has 0 saturated carbocycles. The number of hydrogen-bond donors (Lipinski definition) is 2. The number of halogens is 1. The summed E-state index contributed by atoms with van der Waals surface area (Å²) in [6.45, 7) is 15.1. The van der Waals surface area contributed by atoms with Gasteiger partial charge < -0.3 is 25.2 Å². The molecule has 2 N–H and O–H groups in total. The Kier molecular flexibility index (Phi) is 15.8. The average Bonchev–Trinajstić information content (AvgIpc) is 2.80. The lowest BCUT2D eigenvalue weighted by molar-refractivity contribution is 0.0258. The lowest BCUT2D eigenvalue weighted by Crippen LogP contribution is -2.40. The number of aliphatic imine (C=N–C) groups is 1. The summed E-state index contributed by atoms with van der Waals surface area (Å²) in [5.41, 5.74) is 0. The lowest BCUT2D eigenvalue weighted by Gasteiger charge is -2.22. The fraction of sp³-hybridized carbons (Fsp3) is 0.947. The Bertz CT molecular complexity index is 368. The van der Waals surface area contributed by atoms with E-state index in [-0.39, 0.29) is 24.0 Å². The summed E-state index contributed by atoms with van der Waals surface area (Å²) in [4.78, 5) is 9.33. The van der Waals surface area contributed by atoms with Crippen molar-refractivity contribution in [3.8, 4) is 0 Å². The quantitative estimate of drug-likeness (QED) is 0.216. The predicted molar refractivity (Wildman–Crippen MR) is 123 cm³/mol. The van der Waals surface area contributed by atoms with Crippen molar-refractivity contribution in [3.63, 3.8) is 0 Å². The first kappa shape index (κ1) is 25.9. The van der Waals surface area contributed by atoms with Crippen LogP contribution in [0.1, 0.15) is 40.0 Å². The third-order valence-electron chi connectivity index (χ3n) is 4.82. The minimum atomic E-state index is 0. The molecule has 26 heavy (non-hydrogen) atoms. The average molecular weight is 483 g/mol. The summed E-state index contributed by atoms with van der Waals surface area (Å²) in [6.07, 6.45) is 3.76. The van der Waals surface area contributed by atoms with Crippen LogP contribution in [0.25, 0.3) is 0 Å². The van der Waals surface area contributed by atoms with E-state index in [9.17, 15) is 0 Å². The molecule has 0 aliphatic carbocycles. The number of nitrogens with one attached hydrogen (secondary N) is 2. The van der Waals surface area contributed by atoms with E-state index in [1.807, 2.05) is 7.05 Å². The maximum atomic E-state index is 5.79. The Morgan fingerprint density at radius 1 is 1.12 bits per heavy atom. The van der Waals surface area contributed by atoms with Crippen molar-refractivity contribution in [3.05, 3.63) is 0 Å². The predicted octanol–water partition coefficient (Wildman–Crippen LogP) is 2.25. The van der Waals surface area contributed by atoms with E-state index in [2.05, 4.69) is 53.2 Å². The zero-order valence-electron chi connectivity index (χ0n) is 17.6. The normalized spacial score (nSPS) is 18.3. The molecule has 0 bridgehead atoms. The monoisotopic (exact) mass is 483 g/mol. The van der Waals surface area contributed by atoms with Crippen LogP contribution in [0.4, 0.5) is 0 Å². The van der Waals surface area contributed by atoms with Crippen LogP contribution in [0.5, 0.6) is 0 Å². The van der Waals surface area contributed by atoms with Crippen LogP contribution in [0.3, 0.4) is 0 Å². The summed E-state index contributed by atoms with van der Waals surface area (Å²) in [5, 5.41) is 6.84. The number of likely N-dealkylation sites (N-methyl/N-ethyl adjacent to an activating group) is 1. The molecule has 1 fully saturated rings. The highest BCUT2D eigenvalue weighted by Crippen LogP contribution is 2.09. The summed E-state index contributed by atoms with van der Waals surface area (Å²) in [5.74, 6) is 1.44. The standard InChI is InChI=1S/C19H41N5O.HI/c1-6-25-18(17(2)3)9-11-22-19(20-4)21-10-7-13-24-14-8-12-23(5)15-16-24;/h17-18H,6-16H2,1-5H3,(H2,20,21,22);1H. The molecule has 1 rings (SSSR count). The zero-order chi connectivity index (χ0) is 18.5. The molecular weight excluding hydrogens is 441 g/mol. The Morgan fingerprint density at radius 3 is 2.50 bits per heavy atom. The summed E-state index contributed by atoms with van der Waals surface area (Å²) >= 11 is 0. The third-order valence-corrected chi connectivity index (χ3v) is 4.82. The molecule has 156 valence electrons. The molecule has 1 unspecified atom stereocenters. The van der Waals surface area contributed by atoms with E-state index in [1.165, 1.54) is 32.6 Å². The highest BCUT2D eigenvalue weighted by Gasteiger charge is 2.13. The van der Waals surface area contributed by atoms with Crippen LogP contribution in [0, 0.1) is 5.92 Å². The molecule has 1 aliphatic heterocycles. The number of hydrogen-bond acceptors (Lipinski definition) is 4. The van der Waals surface area contributed by atoms with Gasteiger partial charge in [0.25, 0.3) is 0 Å². The van der Waals surface area contributed by atoms with Crippen molar-refractivity contribution >= 4 is 29.9 Å². The highest BCUT2D eigenvalue weighted by atomic mass is 127. The first-order chi connectivity index (χ1) is 12.1. The zero-order valence-corrected chi connectivity index (χ0v) is 19.9. The van der Waals surface area contributed by atoms with Gasteiger partial charge in [-0.2, -0.15) is 0 Å². The fourth-order valence-corrected chi connectivity index (χ4v) is 3.21. The number of guanidine groups is 1. The van der Waals surface area contributed by atoms with Crippen molar-refractivity contribution in [2.45, 2.75) is 46.1 Å². The Morgan fingerprint density at radius 2 is 1.85 bits per heavy atom. The van der Waals surface area contributed by atoms with Crippen LogP contribution in [0.2, 0.25) is 0 Å². The van der Waals surface area contributed by atoms with Gasteiger partial charge >= 0.3 is 0 Å². The number of ether oxygens (including phenoxy) is 1. The van der Waals surface area contributed by atoms with Gasteiger partial charge in [0.05, 0.1) is 6.10 Å². The Hall–Kier alpha value is -0.120. The van der Waals surface area contributed by atoms with E-state index in [1.54, 1.807) is 0 Å². The molecule has 1 saturated heterocycles. The smallest absolute Gasteiger partial charge is 0.190 e. The van der Waals surface area contributed by atoms with Gasteiger partial charge in [0.15, 0.2) is 5.96 Å². The molecule has 1 atom stereocenters. The number of rotatable bonds is 10. The maximum absolute atomic E-state index is 5.79. The second-order valence-electron chi connectivity index (χ2n) is 7.30. The van der Waals surface area contributed by atoms with Crippen molar-refractivity contribution < 1.29 is 4.74 Å². The summed E-state index contributed by atoms with van der Waals surface area (Å²) < 4.78 is 5.79. The van der Waals surface area contributed by atoms with Gasteiger partial charge in [0.2, 0.25) is 0 Å². The molecule has 0 spiro atoms. The molecule has 7 heteroatoms. The van der Waals surface area contributed by atoms with Gasteiger partial charge in [-0.1, -0.05) is 13.8 Å². The molecule has 0 amide bonds. The molecule has 0 aromatic heterocycles. The first-order valence-electron chi connectivity index (χ1n) is 10.0. The van der Waals surface area contributed by atoms with Crippen molar-refractivity contribution in [1.29, 1.82) is 0 Å². The Labute approximate surface area is 178 Å². The van der Waals surface area contributed by atoms with Crippen LogP contribution < -0.4 is 10.6 Å². The largest absolute Gasteiger partial charge is 0.378 e. The molecule has 6 nitrogen and oxygen atoms in total.